The van der Waals surface area contributed by atoms with Crippen molar-refractivity contribution >= 4 is 5.91 Å². The van der Waals surface area contributed by atoms with Gasteiger partial charge < -0.3 is 20.8 Å². The van der Waals surface area contributed by atoms with Crippen LogP contribution < -0.4 is 10.6 Å². The number of hydrogen-bond acceptors (Lipinski definition) is 4. The number of carbonyl (C=O) groups is 1. The molecule has 0 saturated heterocycles. The first kappa shape index (κ1) is 14.3. The lowest BCUT2D eigenvalue weighted by Crippen LogP contribution is -2.48. The molecule has 90 valence electrons. The summed E-state index contributed by atoms with van der Waals surface area (Å²) in [4.78, 5) is 11.5. The Morgan fingerprint density at radius 1 is 1.47 bits per heavy atom. The third-order valence-corrected chi connectivity index (χ3v) is 2.47. The second-order valence-electron chi connectivity index (χ2n) is 4.48. The molecule has 2 atom stereocenters. The fraction of sp³-hybridized carbons (Fsp3) is 0.900. The molecule has 0 rings (SSSR count). The number of aliphatic hydroxyl groups excluding tert-OH is 2. The van der Waals surface area contributed by atoms with E-state index >= 15 is 0 Å². The van der Waals surface area contributed by atoms with Crippen LogP contribution in [0.4, 0.5) is 0 Å². The molecular weight excluding hydrogens is 196 g/mol. The lowest BCUT2D eigenvalue weighted by molar-refractivity contribution is -0.137. The Balaban J connectivity index is 4.11. The van der Waals surface area contributed by atoms with Crippen LogP contribution in [0, 0.1) is 5.41 Å². The first-order valence-corrected chi connectivity index (χ1v) is 5.09. The van der Waals surface area contributed by atoms with Crippen molar-refractivity contribution in [1.82, 2.24) is 10.6 Å². The Morgan fingerprint density at radius 3 is 2.40 bits per heavy atom. The fourth-order valence-electron chi connectivity index (χ4n) is 0.894. The van der Waals surface area contributed by atoms with Crippen LogP contribution in [0.25, 0.3) is 0 Å². The van der Waals surface area contributed by atoms with Crippen molar-refractivity contribution in [2.24, 2.45) is 5.41 Å². The zero-order chi connectivity index (χ0) is 12.1. The summed E-state index contributed by atoms with van der Waals surface area (Å²) < 4.78 is 0. The molecule has 5 heteroatoms. The van der Waals surface area contributed by atoms with Crippen molar-refractivity contribution in [2.75, 3.05) is 20.2 Å². The van der Waals surface area contributed by atoms with E-state index in [1.165, 1.54) is 0 Å². The average Bonchev–Trinajstić information content (AvgIpc) is 2.23. The van der Waals surface area contributed by atoms with Gasteiger partial charge >= 0.3 is 0 Å². The molecule has 0 aromatic heterocycles. The third kappa shape index (κ3) is 4.59. The Morgan fingerprint density at radius 2 is 2.00 bits per heavy atom. The van der Waals surface area contributed by atoms with E-state index in [4.69, 9.17) is 5.11 Å². The van der Waals surface area contributed by atoms with Crippen LogP contribution in [0.15, 0.2) is 0 Å². The highest BCUT2D eigenvalue weighted by atomic mass is 16.3. The van der Waals surface area contributed by atoms with Crippen molar-refractivity contribution in [2.45, 2.75) is 32.9 Å². The van der Waals surface area contributed by atoms with Crippen LogP contribution in [0.1, 0.15) is 20.8 Å². The number of amides is 1. The van der Waals surface area contributed by atoms with Gasteiger partial charge in [-0.2, -0.15) is 0 Å². The molecule has 0 heterocycles. The Labute approximate surface area is 90.9 Å². The van der Waals surface area contributed by atoms with Gasteiger partial charge in [0.2, 0.25) is 5.91 Å². The van der Waals surface area contributed by atoms with E-state index in [-0.39, 0.29) is 12.6 Å². The molecule has 4 N–H and O–H groups in total. The van der Waals surface area contributed by atoms with Gasteiger partial charge in [-0.15, -0.1) is 0 Å². The lowest BCUT2D eigenvalue weighted by atomic mass is 9.87. The number of nitrogens with one attached hydrogen (secondary N) is 2. The SMILES string of the molecule is CNC(C)CNC(=O)C(O)C(C)(C)CO. The monoisotopic (exact) mass is 218 g/mol. The van der Waals surface area contributed by atoms with E-state index in [1.807, 2.05) is 6.92 Å². The maximum Gasteiger partial charge on any atom is 0.249 e. The summed E-state index contributed by atoms with van der Waals surface area (Å²) in [6.07, 6.45) is -1.19. The van der Waals surface area contributed by atoms with Crippen LogP contribution >= 0.6 is 0 Å². The predicted molar refractivity (Wildman–Crippen MR) is 58.4 cm³/mol. The van der Waals surface area contributed by atoms with E-state index in [0.29, 0.717) is 6.54 Å². The molecule has 2 unspecified atom stereocenters. The van der Waals surface area contributed by atoms with Crippen LogP contribution in [-0.4, -0.2) is 48.5 Å². The van der Waals surface area contributed by atoms with Gasteiger partial charge in [0.1, 0.15) is 6.10 Å². The molecular formula is C10H22N2O3. The first-order valence-electron chi connectivity index (χ1n) is 5.09. The molecule has 0 aromatic rings. The van der Waals surface area contributed by atoms with Gasteiger partial charge in [-0.1, -0.05) is 13.8 Å². The highest BCUT2D eigenvalue weighted by Crippen LogP contribution is 2.19. The highest BCUT2D eigenvalue weighted by Gasteiger charge is 2.32. The van der Waals surface area contributed by atoms with Crippen LogP contribution in [0.2, 0.25) is 0 Å². The smallest absolute Gasteiger partial charge is 0.249 e. The molecule has 0 saturated carbocycles. The van der Waals surface area contributed by atoms with E-state index in [0.717, 1.165) is 0 Å². The van der Waals surface area contributed by atoms with E-state index in [9.17, 15) is 9.90 Å². The molecule has 0 bridgehead atoms. The van der Waals surface area contributed by atoms with E-state index in [2.05, 4.69) is 10.6 Å². The minimum Gasteiger partial charge on any atom is -0.396 e. The number of likely N-dealkylation sites (N-methyl/N-ethyl adjacent to an activating group) is 1. The quantitative estimate of drug-likeness (QED) is 0.465. The Hall–Kier alpha value is -0.650. The predicted octanol–water partition coefficient (Wildman–Crippen LogP) is -0.910. The van der Waals surface area contributed by atoms with Crippen molar-refractivity contribution in [3.63, 3.8) is 0 Å². The second-order valence-corrected chi connectivity index (χ2v) is 4.48. The summed E-state index contributed by atoms with van der Waals surface area (Å²) in [6, 6.07) is 0.151. The Bertz CT molecular complexity index is 207. The maximum atomic E-state index is 11.5. The normalized spacial score (nSPS) is 15.9. The molecule has 15 heavy (non-hydrogen) atoms. The minimum atomic E-state index is -1.19. The number of hydrogen-bond donors (Lipinski definition) is 4. The molecule has 0 fully saturated rings. The summed E-state index contributed by atoms with van der Waals surface area (Å²) in [6.45, 7) is 5.42. The van der Waals surface area contributed by atoms with Crippen molar-refractivity contribution in [3.05, 3.63) is 0 Å². The molecule has 0 aliphatic heterocycles. The molecule has 1 amide bonds. The van der Waals surface area contributed by atoms with Gasteiger partial charge in [0.05, 0.1) is 6.61 Å². The summed E-state index contributed by atoms with van der Waals surface area (Å²) in [5.41, 5.74) is -0.813. The van der Waals surface area contributed by atoms with Crippen molar-refractivity contribution in [3.8, 4) is 0 Å². The topological polar surface area (TPSA) is 81.6 Å². The van der Waals surface area contributed by atoms with Crippen molar-refractivity contribution in [1.29, 1.82) is 0 Å². The summed E-state index contributed by atoms with van der Waals surface area (Å²) >= 11 is 0. The molecule has 0 radical (unpaired) electrons. The van der Waals surface area contributed by atoms with Gasteiger partial charge in [0.15, 0.2) is 0 Å². The van der Waals surface area contributed by atoms with E-state index in [1.54, 1.807) is 20.9 Å². The average molecular weight is 218 g/mol. The first-order chi connectivity index (χ1) is 6.85. The number of aliphatic hydroxyl groups is 2. The Kier molecular flexibility index (Phi) is 5.79. The van der Waals surface area contributed by atoms with Crippen LogP contribution in [0.3, 0.4) is 0 Å². The lowest BCUT2D eigenvalue weighted by Gasteiger charge is -2.27. The third-order valence-electron chi connectivity index (χ3n) is 2.47. The van der Waals surface area contributed by atoms with Gasteiger partial charge in [-0.3, -0.25) is 4.79 Å². The number of rotatable bonds is 6. The molecule has 5 nitrogen and oxygen atoms in total. The fourth-order valence-corrected chi connectivity index (χ4v) is 0.894. The van der Waals surface area contributed by atoms with Gasteiger partial charge in [-0.05, 0) is 14.0 Å². The minimum absolute atomic E-state index is 0.151. The molecule has 0 aliphatic rings. The standard InChI is InChI=1S/C10H22N2O3/c1-7(11-4)5-12-9(15)8(14)10(2,3)6-13/h7-8,11,13-14H,5-6H2,1-4H3,(H,12,15). The van der Waals surface area contributed by atoms with Crippen molar-refractivity contribution < 1.29 is 15.0 Å². The highest BCUT2D eigenvalue weighted by molar-refractivity contribution is 5.81. The second kappa shape index (κ2) is 6.05. The zero-order valence-electron chi connectivity index (χ0n) is 9.87. The zero-order valence-corrected chi connectivity index (χ0v) is 9.87. The summed E-state index contributed by atoms with van der Waals surface area (Å²) in [5.74, 6) is -0.448. The van der Waals surface area contributed by atoms with Gasteiger partial charge in [-0.25, -0.2) is 0 Å². The molecule has 0 aromatic carbocycles. The molecule has 0 spiro atoms. The van der Waals surface area contributed by atoms with Gasteiger partial charge in [0, 0.05) is 18.0 Å². The number of carbonyl (C=O) groups excluding carboxylic acids is 1. The maximum absolute atomic E-state index is 11.5. The van der Waals surface area contributed by atoms with Crippen LogP contribution in [-0.2, 0) is 4.79 Å². The largest absolute Gasteiger partial charge is 0.396 e. The van der Waals surface area contributed by atoms with Crippen LogP contribution in [0.5, 0.6) is 0 Å². The van der Waals surface area contributed by atoms with Gasteiger partial charge in [0.25, 0.3) is 0 Å². The summed E-state index contributed by atoms with van der Waals surface area (Å²) in [7, 11) is 1.80. The molecule has 0 aliphatic carbocycles. The van der Waals surface area contributed by atoms with E-state index < -0.39 is 17.4 Å². The summed E-state index contributed by atoms with van der Waals surface area (Å²) in [5, 5.41) is 24.2.